The van der Waals surface area contributed by atoms with Gasteiger partial charge in [-0.1, -0.05) is 18.2 Å². The smallest absolute Gasteiger partial charge is 0.301 e. The molecule has 0 unspecified atom stereocenters. The Hall–Kier alpha value is -1.98. The van der Waals surface area contributed by atoms with E-state index in [1.165, 1.54) is 16.4 Å². The van der Waals surface area contributed by atoms with Gasteiger partial charge in [-0.05, 0) is 24.3 Å². The predicted octanol–water partition coefficient (Wildman–Crippen LogP) is -0.214. The van der Waals surface area contributed by atoms with Crippen LogP contribution in [0.1, 0.15) is 0 Å². The molecule has 0 spiro atoms. The summed E-state index contributed by atoms with van der Waals surface area (Å²) in [6.07, 6.45) is 0. The molecule has 3 N–H and O–H groups in total. The Bertz CT molecular complexity index is 841. The van der Waals surface area contributed by atoms with E-state index >= 15 is 0 Å². The SMILES string of the molecule is Oc1ccc(-c2cc(-c3ccccc3)[s+]s2)c(O)c1O.[O-][Cl+3]([O-])([O-])[O-]. The molecule has 132 valence electrons. The molecule has 1 heterocycles. The van der Waals surface area contributed by atoms with Crippen LogP contribution in [0.2, 0.25) is 0 Å². The van der Waals surface area contributed by atoms with E-state index in [0.717, 1.165) is 15.3 Å². The van der Waals surface area contributed by atoms with Gasteiger partial charge >= 0.3 is 10.3 Å². The lowest BCUT2D eigenvalue weighted by Gasteiger charge is -2.17. The lowest BCUT2D eigenvalue weighted by molar-refractivity contribution is -2.00. The second kappa shape index (κ2) is 7.93. The molecule has 0 fully saturated rings. The van der Waals surface area contributed by atoms with Crippen LogP contribution in [-0.2, 0) is 0 Å². The Morgan fingerprint density at radius 2 is 1.44 bits per heavy atom. The fraction of sp³-hybridized carbons (Fsp3) is 0. The van der Waals surface area contributed by atoms with Crippen molar-refractivity contribution in [1.82, 2.24) is 0 Å². The quantitative estimate of drug-likeness (QED) is 0.304. The van der Waals surface area contributed by atoms with Crippen LogP contribution < -0.4 is 18.6 Å². The maximum Gasteiger partial charge on any atom is 0.301 e. The van der Waals surface area contributed by atoms with Crippen molar-refractivity contribution >= 4 is 20.7 Å². The number of rotatable bonds is 2. The number of phenols is 3. The van der Waals surface area contributed by atoms with Crippen molar-refractivity contribution in [2.45, 2.75) is 0 Å². The third-order valence-corrected chi connectivity index (χ3v) is 5.40. The summed E-state index contributed by atoms with van der Waals surface area (Å²) in [7, 11) is -1.83. The first-order valence-corrected chi connectivity index (χ1v) is 9.90. The van der Waals surface area contributed by atoms with Crippen LogP contribution in [0.4, 0.5) is 0 Å². The zero-order valence-corrected chi connectivity index (χ0v) is 14.7. The molecule has 0 saturated carbocycles. The van der Waals surface area contributed by atoms with Crippen LogP contribution in [-0.4, -0.2) is 15.3 Å². The summed E-state index contributed by atoms with van der Waals surface area (Å²) in [6.45, 7) is 0. The predicted molar refractivity (Wildman–Crippen MR) is 82.5 cm³/mol. The molecule has 0 atom stereocenters. The van der Waals surface area contributed by atoms with Gasteiger partial charge in [-0.2, -0.15) is 0 Å². The Kier molecular flexibility index (Phi) is 6.14. The van der Waals surface area contributed by atoms with Crippen LogP contribution in [0, 0.1) is 10.2 Å². The van der Waals surface area contributed by atoms with Crippen LogP contribution >= 0.6 is 20.7 Å². The summed E-state index contributed by atoms with van der Waals surface area (Å²) < 4.78 is 34.0. The van der Waals surface area contributed by atoms with Crippen molar-refractivity contribution in [3.8, 4) is 38.1 Å². The number of halogens is 1. The molecule has 0 aliphatic carbocycles. The second-order valence-electron chi connectivity index (χ2n) is 4.61. The molecule has 0 radical (unpaired) electrons. The van der Waals surface area contributed by atoms with E-state index in [-0.39, 0.29) is 11.5 Å². The summed E-state index contributed by atoms with van der Waals surface area (Å²) in [6, 6.07) is 14.9. The van der Waals surface area contributed by atoms with Crippen molar-refractivity contribution in [3.63, 3.8) is 0 Å². The first-order valence-electron chi connectivity index (χ1n) is 6.51. The molecule has 0 aliphatic heterocycles. The highest BCUT2D eigenvalue weighted by Gasteiger charge is 2.21. The molecule has 0 aliphatic rings. The van der Waals surface area contributed by atoms with Crippen LogP contribution in [0.3, 0.4) is 0 Å². The molecule has 1 aromatic heterocycles. The molecule has 10 heteroatoms. The average molecular weight is 403 g/mol. The lowest BCUT2D eigenvalue weighted by Crippen LogP contribution is -2.68. The fourth-order valence-electron chi connectivity index (χ4n) is 1.88. The van der Waals surface area contributed by atoms with Gasteiger partial charge in [-0.3, -0.25) is 0 Å². The Morgan fingerprint density at radius 3 is 2.04 bits per heavy atom. The van der Waals surface area contributed by atoms with Gasteiger partial charge in [0.15, 0.2) is 21.8 Å². The second-order valence-corrected chi connectivity index (χ2v) is 7.58. The Morgan fingerprint density at radius 1 is 0.840 bits per heavy atom. The molecule has 3 aromatic rings. The largest absolute Gasteiger partial charge is 0.504 e. The number of aromatic hydroxyl groups is 3. The Labute approximate surface area is 151 Å². The van der Waals surface area contributed by atoms with E-state index < -0.39 is 16.0 Å². The van der Waals surface area contributed by atoms with Gasteiger partial charge in [0.2, 0.25) is 5.75 Å². The fourth-order valence-corrected chi connectivity index (χ4v) is 4.34. The van der Waals surface area contributed by atoms with Gasteiger partial charge in [0.1, 0.15) is 4.88 Å². The van der Waals surface area contributed by atoms with E-state index in [2.05, 4.69) is 0 Å². The van der Waals surface area contributed by atoms with E-state index in [0.29, 0.717) is 5.56 Å². The standard InChI is InChI=1S/C15H10O3S2.ClHO4/c16-11-7-6-10(14(17)15(11)18)13-8-12(19-20-13)9-4-2-1-3-5-9;2-1(3,4)5/h1-8H,(H2-,16,17,18);(H,2,3,4,5). The molecule has 2 aromatic carbocycles. The van der Waals surface area contributed by atoms with Gasteiger partial charge in [0.05, 0.1) is 0 Å². The minimum atomic E-state index is -4.94. The van der Waals surface area contributed by atoms with Gasteiger partial charge in [-0.15, -0.1) is 10.2 Å². The normalized spacial score (nSPS) is 10.9. The zero-order chi connectivity index (χ0) is 18.6. The van der Waals surface area contributed by atoms with E-state index in [1.807, 2.05) is 36.4 Å². The molecule has 3 rings (SSSR count). The van der Waals surface area contributed by atoms with Crippen LogP contribution in [0.15, 0.2) is 48.5 Å². The summed E-state index contributed by atoms with van der Waals surface area (Å²) in [5.74, 6) is -1.10. The van der Waals surface area contributed by atoms with Crippen LogP contribution in [0.25, 0.3) is 20.9 Å². The van der Waals surface area contributed by atoms with E-state index in [1.54, 1.807) is 16.4 Å². The van der Waals surface area contributed by atoms with Gasteiger partial charge in [-0.25, -0.2) is 18.6 Å². The summed E-state index contributed by atoms with van der Waals surface area (Å²) in [4.78, 5) is 1.94. The van der Waals surface area contributed by atoms with Crippen molar-refractivity contribution in [3.05, 3.63) is 48.5 Å². The number of phenolic OH excluding ortho intramolecular Hbond substituents is 3. The Balaban J connectivity index is 0.000000399. The average Bonchev–Trinajstić information content (AvgIpc) is 3.02. The minimum Gasteiger partial charge on any atom is -0.504 e. The summed E-state index contributed by atoms with van der Waals surface area (Å²) in [5.41, 5.74) is 1.63. The minimum absolute atomic E-state index is 0.293. The third kappa shape index (κ3) is 5.51. The third-order valence-electron chi connectivity index (χ3n) is 2.94. The van der Waals surface area contributed by atoms with E-state index in [4.69, 9.17) is 18.6 Å². The highest BCUT2D eigenvalue weighted by atomic mass is 35.7. The van der Waals surface area contributed by atoms with Gasteiger partial charge in [0.25, 0.3) is 4.88 Å². The maximum atomic E-state index is 9.91. The highest BCUT2D eigenvalue weighted by molar-refractivity contribution is 7.72. The van der Waals surface area contributed by atoms with Crippen molar-refractivity contribution in [1.29, 1.82) is 0 Å². The van der Waals surface area contributed by atoms with Crippen molar-refractivity contribution in [2.75, 3.05) is 0 Å². The number of hydrogen-bond acceptors (Lipinski definition) is 8. The van der Waals surface area contributed by atoms with Crippen LogP contribution in [0.5, 0.6) is 17.2 Å². The lowest BCUT2D eigenvalue weighted by atomic mass is 10.1. The first-order chi connectivity index (χ1) is 11.7. The van der Waals surface area contributed by atoms with Gasteiger partial charge < -0.3 is 15.3 Å². The highest BCUT2D eigenvalue weighted by Crippen LogP contribution is 2.46. The molecule has 7 nitrogen and oxygen atoms in total. The zero-order valence-electron chi connectivity index (χ0n) is 12.3. The molecular formula is C15H11ClO7S2. The maximum absolute atomic E-state index is 9.91. The molecular weight excluding hydrogens is 392 g/mol. The topological polar surface area (TPSA) is 153 Å². The molecule has 0 amide bonds. The molecule has 0 saturated heterocycles. The number of benzene rings is 2. The molecule has 25 heavy (non-hydrogen) atoms. The van der Waals surface area contributed by atoms with E-state index in [9.17, 15) is 15.3 Å². The van der Waals surface area contributed by atoms with Gasteiger partial charge in [0, 0.05) is 17.2 Å². The summed E-state index contributed by atoms with van der Waals surface area (Å²) >= 11 is 0. The monoisotopic (exact) mass is 402 g/mol. The first kappa shape index (κ1) is 19.3. The van der Waals surface area contributed by atoms with Crippen molar-refractivity contribution < 1.29 is 44.2 Å². The molecule has 0 bridgehead atoms. The van der Waals surface area contributed by atoms with Crippen molar-refractivity contribution in [2.24, 2.45) is 0 Å². The number of hydrogen-bond donors (Lipinski definition) is 3. The summed E-state index contributed by atoms with van der Waals surface area (Å²) in [5, 5.41) is 28.8.